The summed E-state index contributed by atoms with van der Waals surface area (Å²) in [5.41, 5.74) is 1.59. The molecule has 0 fully saturated rings. The zero-order chi connectivity index (χ0) is 15.0. The number of allylic oxidation sites excluding steroid dienone is 3. The van der Waals surface area contributed by atoms with Crippen LogP contribution in [0.2, 0.25) is 0 Å². The van der Waals surface area contributed by atoms with E-state index in [1.807, 2.05) is 25.2 Å². The number of ether oxygens (including phenoxy) is 2. The third-order valence-corrected chi connectivity index (χ3v) is 3.21. The van der Waals surface area contributed by atoms with E-state index in [4.69, 9.17) is 9.47 Å². The maximum atomic E-state index is 10.9. The summed E-state index contributed by atoms with van der Waals surface area (Å²) in [6.45, 7) is 6.00. The van der Waals surface area contributed by atoms with Gasteiger partial charge in [-0.05, 0) is 29.9 Å². The molecule has 4 heteroatoms. The van der Waals surface area contributed by atoms with Crippen molar-refractivity contribution >= 4 is 20.8 Å². The molecule has 1 rings (SSSR count). The Morgan fingerprint density at radius 1 is 1.40 bits per heavy atom. The van der Waals surface area contributed by atoms with Gasteiger partial charge in [-0.25, -0.2) is 0 Å². The van der Waals surface area contributed by atoms with Gasteiger partial charge in [0.05, 0.1) is 7.11 Å². The maximum Gasteiger partial charge on any atom is 0.162 e. The van der Waals surface area contributed by atoms with Gasteiger partial charge in [-0.1, -0.05) is 30.9 Å². The van der Waals surface area contributed by atoms with Crippen LogP contribution in [0, 0.1) is 0 Å². The summed E-state index contributed by atoms with van der Waals surface area (Å²) >= 11 is 0. The molecular formula is C16H19O3P. The van der Waals surface area contributed by atoms with Gasteiger partial charge in [0.1, 0.15) is 6.61 Å². The monoisotopic (exact) mass is 290 g/mol. The van der Waals surface area contributed by atoms with Crippen molar-refractivity contribution in [1.29, 1.82) is 0 Å². The second-order valence-electron chi connectivity index (χ2n) is 4.00. The summed E-state index contributed by atoms with van der Waals surface area (Å²) in [6, 6.07) is 3.44. The molecule has 1 unspecified atom stereocenters. The van der Waals surface area contributed by atoms with E-state index < -0.39 is 0 Å². The summed E-state index contributed by atoms with van der Waals surface area (Å²) in [7, 11) is 4.06. The Labute approximate surface area is 122 Å². The zero-order valence-corrected chi connectivity index (χ0v) is 12.9. The topological polar surface area (TPSA) is 35.5 Å². The lowest BCUT2D eigenvalue weighted by Gasteiger charge is -2.13. The van der Waals surface area contributed by atoms with Crippen molar-refractivity contribution < 1.29 is 14.3 Å². The van der Waals surface area contributed by atoms with Crippen molar-refractivity contribution in [3.05, 3.63) is 54.2 Å². The van der Waals surface area contributed by atoms with Gasteiger partial charge < -0.3 is 9.47 Å². The van der Waals surface area contributed by atoms with Crippen LogP contribution in [0.4, 0.5) is 0 Å². The van der Waals surface area contributed by atoms with Gasteiger partial charge in [0.25, 0.3) is 0 Å². The fourth-order valence-electron chi connectivity index (χ4n) is 1.55. The average Bonchev–Trinajstić information content (AvgIpc) is 2.47. The van der Waals surface area contributed by atoms with E-state index >= 15 is 0 Å². The van der Waals surface area contributed by atoms with Gasteiger partial charge in [-0.15, -0.1) is 9.24 Å². The van der Waals surface area contributed by atoms with Crippen LogP contribution in [-0.4, -0.2) is 20.0 Å². The van der Waals surface area contributed by atoms with Crippen LogP contribution in [-0.2, 0) is 0 Å². The second-order valence-corrected chi connectivity index (χ2v) is 4.62. The highest BCUT2D eigenvalue weighted by molar-refractivity contribution is 7.27. The Hall–Kier alpha value is -1.86. The minimum Gasteiger partial charge on any atom is -0.493 e. The molecule has 1 atom stereocenters. The number of hydrogen-bond acceptors (Lipinski definition) is 3. The van der Waals surface area contributed by atoms with Crippen molar-refractivity contribution in [2.75, 3.05) is 13.7 Å². The van der Waals surface area contributed by atoms with E-state index in [9.17, 15) is 4.79 Å². The van der Waals surface area contributed by atoms with E-state index in [1.54, 1.807) is 25.3 Å². The van der Waals surface area contributed by atoms with E-state index in [-0.39, 0.29) is 0 Å². The van der Waals surface area contributed by atoms with Gasteiger partial charge in [0, 0.05) is 5.56 Å². The molecule has 0 aliphatic carbocycles. The second kappa shape index (κ2) is 8.34. The normalized spacial score (nSPS) is 11.4. The lowest BCUT2D eigenvalue weighted by atomic mass is 10.2. The molecule has 0 saturated heterocycles. The van der Waals surface area contributed by atoms with Crippen molar-refractivity contribution in [3.63, 3.8) is 0 Å². The molecule has 1 aromatic carbocycles. The molecule has 0 saturated carbocycles. The highest BCUT2D eigenvalue weighted by atomic mass is 31.0. The van der Waals surface area contributed by atoms with E-state index in [1.165, 1.54) is 0 Å². The summed E-state index contributed by atoms with van der Waals surface area (Å²) < 4.78 is 11.0. The molecule has 1 aromatic rings. The van der Waals surface area contributed by atoms with Gasteiger partial charge in [0.2, 0.25) is 0 Å². The number of rotatable bonds is 7. The van der Waals surface area contributed by atoms with Crippen LogP contribution in [0.5, 0.6) is 11.5 Å². The molecule has 0 N–H and O–H groups in total. The molecule has 0 aliphatic rings. The Bertz CT molecular complexity index is 545. The molecule has 0 radical (unpaired) electrons. The van der Waals surface area contributed by atoms with E-state index in [0.717, 1.165) is 17.2 Å². The fraction of sp³-hybridized carbons (Fsp3) is 0.188. The summed E-state index contributed by atoms with van der Waals surface area (Å²) in [5.74, 6) is 1.15. The smallest absolute Gasteiger partial charge is 0.162 e. The number of benzene rings is 1. The lowest BCUT2D eigenvalue weighted by molar-refractivity contribution is 0.112. The minimum absolute atomic E-state index is 0.418. The standard InChI is InChI=1S/C16H19O3P/c1-4-6-7-12(5-2)11-19-15-9-16(20)13(10-17)8-14(15)18-3/h4-10H,1,11,20H2,2-3H3/b7-6-,12-5+. The molecule has 0 aromatic heterocycles. The molecule has 0 spiro atoms. The number of aldehydes is 1. The van der Waals surface area contributed by atoms with Crippen molar-refractivity contribution in [2.45, 2.75) is 6.92 Å². The van der Waals surface area contributed by atoms with Crippen LogP contribution in [0.1, 0.15) is 17.3 Å². The van der Waals surface area contributed by atoms with Crippen LogP contribution >= 0.6 is 9.24 Å². The predicted molar refractivity (Wildman–Crippen MR) is 86.3 cm³/mol. The maximum absolute atomic E-state index is 10.9. The van der Waals surface area contributed by atoms with E-state index in [2.05, 4.69) is 15.8 Å². The van der Waals surface area contributed by atoms with Gasteiger partial charge in [0.15, 0.2) is 17.8 Å². The fourth-order valence-corrected chi connectivity index (χ4v) is 1.85. The van der Waals surface area contributed by atoms with Crippen LogP contribution < -0.4 is 14.8 Å². The first-order valence-electron chi connectivity index (χ1n) is 6.16. The molecule has 106 valence electrons. The zero-order valence-electron chi connectivity index (χ0n) is 11.8. The van der Waals surface area contributed by atoms with Crippen LogP contribution in [0.15, 0.2) is 48.6 Å². The van der Waals surface area contributed by atoms with Crippen molar-refractivity contribution in [2.24, 2.45) is 0 Å². The number of carbonyl (C=O) groups is 1. The Balaban J connectivity index is 2.92. The van der Waals surface area contributed by atoms with Gasteiger partial charge in [-0.3, -0.25) is 4.79 Å². The first kappa shape index (κ1) is 16.2. The van der Waals surface area contributed by atoms with Crippen molar-refractivity contribution in [1.82, 2.24) is 0 Å². The number of carbonyl (C=O) groups excluding carboxylic acids is 1. The molecule has 0 heterocycles. The first-order valence-corrected chi connectivity index (χ1v) is 6.73. The molecular weight excluding hydrogens is 271 g/mol. The quantitative estimate of drug-likeness (QED) is 0.440. The SMILES string of the molecule is C=C/C=C\C(=C/C)COc1cc(P)c(C=O)cc1OC. The Morgan fingerprint density at radius 3 is 2.70 bits per heavy atom. The molecule has 20 heavy (non-hydrogen) atoms. The Kier molecular flexibility index (Phi) is 6.75. The Morgan fingerprint density at radius 2 is 2.15 bits per heavy atom. The number of hydrogen-bond donors (Lipinski definition) is 0. The number of methoxy groups -OCH3 is 1. The molecule has 0 aliphatic heterocycles. The van der Waals surface area contributed by atoms with E-state index in [0.29, 0.717) is 23.7 Å². The highest BCUT2D eigenvalue weighted by Crippen LogP contribution is 2.28. The third-order valence-electron chi connectivity index (χ3n) is 2.71. The van der Waals surface area contributed by atoms with Gasteiger partial charge >= 0.3 is 0 Å². The van der Waals surface area contributed by atoms with Crippen LogP contribution in [0.25, 0.3) is 0 Å². The highest BCUT2D eigenvalue weighted by Gasteiger charge is 2.09. The van der Waals surface area contributed by atoms with Gasteiger partial charge in [-0.2, -0.15) is 0 Å². The molecule has 3 nitrogen and oxygen atoms in total. The minimum atomic E-state index is 0.418. The lowest BCUT2D eigenvalue weighted by Crippen LogP contribution is -2.07. The predicted octanol–water partition coefficient (Wildman–Crippen LogP) is 3.08. The summed E-state index contributed by atoms with van der Waals surface area (Å²) in [4.78, 5) is 10.9. The molecule has 0 amide bonds. The average molecular weight is 290 g/mol. The first-order chi connectivity index (χ1) is 9.65. The third kappa shape index (κ3) is 4.36. The summed E-state index contributed by atoms with van der Waals surface area (Å²) in [5, 5.41) is 0.777. The largest absolute Gasteiger partial charge is 0.493 e. The summed E-state index contributed by atoms with van der Waals surface area (Å²) in [6.07, 6.45) is 8.25. The van der Waals surface area contributed by atoms with Crippen LogP contribution in [0.3, 0.4) is 0 Å². The molecule has 0 bridgehead atoms. The van der Waals surface area contributed by atoms with Crippen molar-refractivity contribution in [3.8, 4) is 11.5 Å².